The quantitative estimate of drug-likeness (QED) is 0.695. The zero-order valence-corrected chi connectivity index (χ0v) is 10.5. The fraction of sp³-hybridized carbons (Fsp3) is 0.294. The lowest BCUT2D eigenvalue weighted by Gasteiger charge is -2.04. The lowest BCUT2D eigenvalue weighted by molar-refractivity contribution is 0.795. The monoisotopic (exact) mass is 224 g/mol. The van der Waals surface area contributed by atoms with E-state index < -0.39 is 0 Å². The zero-order chi connectivity index (χ0) is 11.9. The topological polar surface area (TPSA) is 0 Å². The Bertz CT molecular complexity index is 425. The smallest absolute Gasteiger partial charge is 0.00258 e. The SMILES string of the molecule is CCCCc1ccc(Cc2ccccc2)cc1. The van der Waals surface area contributed by atoms with Gasteiger partial charge in [-0.3, -0.25) is 0 Å². The van der Waals surface area contributed by atoms with Crippen LogP contribution in [0.25, 0.3) is 0 Å². The maximum atomic E-state index is 2.27. The first kappa shape index (κ1) is 11.9. The maximum Gasteiger partial charge on any atom is -0.00258 e. The highest BCUT2D eigenvalue weighted by atomic mass is 14.0. The van der Waals surface area contributed by atoms with Crippen molar-refractivity contribution in [1.29, 1.82) is 0 Å². The Morgan fingerprint density at radius 3 is 1.94 bits per heavy atom. The molecule has 0 nitrogen and oxygen atoms in total. The van der Waals surface area contributed by atoms with Gasteiger partial charge in [-0.25, -0.2) is 0 Å². The highest BCUT2D eigenvalue weighted by Crippen LogP contribution is 2.12. The Labute approximate surface area is 104 Å². The van der Waals surface area contributed by atoms with Gasteiger partial charge in [0.05, 0.1) is 0 Å². The van der Waals surface area contributed by atoms with E-state index in [0.717, 1.165) is 6.42 Å². The number of aryl methyl sites for hydroxylation is 1. The fourth-order valence-electron chi connectivity index (χ4n) is 2.04. The van der Waals surface area contributed by atoms with Crippen molar-refractivity contribution in [3.8, 4) is 0 Å². The van der Waals surface area contributed by atoms with E-state index in [9.17, 15) is 0 Å². The van der Waals surface area contributed by atoms with E-state index in [0.29, 0.717) is 0 Å². The van der Waals surface area contributed by atoms with Crippen LogP contribution in [0.5, 0.6) is 0 Å². The van der Waals surface area contributed by atoms with Crippen LogP contribution in [0, 0.1) is 0 Å². The van der Waals surface area contributed by atoms with Crippen LogP contribution in [-0.2, 0) is 12.8 Å². The average Bonchev–Trinajstić information content (AvgIpc) is 2.39. The Balaban J connectivity index is 1.98. The van der Waals surface area contributed by atoms with Crippen LogP contribution in [0.1, 0.15) is 36.5 Å². The van der Waals surface area contributed by atoms with Crippen LogP contribution >= 0.6 is 0 Å². The molecule has 0 unspecified atom stereocenters. The number of rotatable bonds is 5. The van der Waals surface area contributed by atoms with E-state index >= 15 is 0 Å². The van der Waals surface area contributed by atoms with Crippen LogP contribution in [0.15, 0.2) is 54.6 Å². The van der Waals surface area contributed by atoms with Crippen LogP contribution in [0.3, 0.4) is 0 Å². The summed E-state index contributed by atoms with van der Waals surface area (Å²) >= 11 is 0. The standard InChI is InChI=1S/C17H20/c1-2-3-7-15-10-12-17(13-11-15)14-16-8-5-4-6-9-16/h4-6,8-13H,2-3,7,14H2,1H3. The van der Waals surface area contributed by atoms with Gasteiger partial charge in [-0.05, 0) is 36.0 Å². The third kappa shape index (κ3) is 3.74. The second-order valence-corrected chi connectivity index (χ2v) is 4.58. The van der Waals surface area contributed by atoms with Crippen molar-refractivity contribution in [2.45, 2.75) is 32.6 Å². The first-order valence-corrected chi connectivity index (χ1v) is 6.50. The molecule has 0 bridgehead atoms. The van der Waals surface area contributed by atoms with Crippen LogP contribution in [0.2, 0.25) is 0 Å². The van der Waals surface area contributed by atoms with Gasteiger partial charge in [0.2, 0.25) is 0 Å². The minimum Gasteiger partial charge on any atom is -0.0654 e. The van der Waals surface area contributed by atoms with Gasteiger partial charge in [0.25, 0.3) is 0 Å². The Kier molecular flexibility index (Phi) is 4.37. The molecule has 0 radical (unpaired) electrons. The molecular formula is C17H20. The summed E-state index contributed by atoms with van der Waals surface area (Å²) in [5, 5.41) is 0. The third-order valence-electron chi connectivity index (χ3n) is 3.09. The molecule has 0 atom stereocenters. The molecule has 0 heterocycles. The summed E-state index contributed by atoms with van der Waals surface area (Å²) in [6.07, 6.45) is 4.81. The molecule has 2 aromatic carbocycles. The van der Waals surface area contributed by atoms with Gasteiger partial charge in [0, 0.05) is 0 Å². The largest absolute Gasteiger partial charge is 0.0654 e. The van der Waals surface area contributed by atoms with Crippen LogP contribution in [0.4, 0.5) is 0 Å². The molecule has 2 rings (SSSR count). The third-order valence-corrected chi connectivity index (χ3v) is 3.09. The van der Waals surface area contributed by atoms with Gasteiger partial charge < -0.3 is 0 Å². The lowest BCUT2D eigenvalue weighted by atomic mass is 10.0. The lowest BCUT2D eigenvalue weighted by Crippen LogP contribution is -1.89. The molecule has 0 aliphatic heterocycles. The van der Waals surface area contributed by atoms with Gasteiger partial charge in [-0.1, -0.05) is 67.9 Å². The number of unbranched alkanes of at least 4 members (excludes halogenated alkanes) is 1. The van der Waals surface area contributed by atoms with Crippen molar-refractivity contribution in [3.63, 3.8) is 0 Å². The zero-order valence-electron chi connectivity index (χ0n) is 10.5. The van der Waals surface area contributed by atoms with Gasteiger partial charge in [-0.15, -0.1) is 0 Å². The minimum absolute atomic E-state index is 1.04. The Morgan fingerprint density at radius 1 is 0.706 bits per heavy atom. The molecule has 0 amide bonds. The van der Waals surface area contributed by atoms with Gasteiger partial charge in [0.1, 0.15) is 0 Å². The summed E-state index contributed by atoms with van der Waals surface area (Å²) in [5.74, 6) is 0. The molecule has 0 aromatic heterocycles. The van der Waals surface area contributed by atoms with E-state index in [1.807, 2.05) is 0 Å². The molecular weight excluding hydrogens is 204 g/mol. The first-order valence-electron chi connectivity index (χ1n) is 6.50. The van der Waals surface area contributed by atoms with Crippen LogP contribution in [-0.4, -0.2) is 0 Å². The summed E-state index contributed by atoms with van der Waals surface area (Å²) in [5.41, 5.74) is 4.24. The fourth-order valence-corrected chi connectivity index (χ4v) is 2.04. The molecule has 0 aliphatic carbocycles. The maximum absolute atomic E-state index is 2.27. The summed E-state index contributed by atoms with van der Waals surface area (Å²) in [4.78, 5) is 0. The van der Waals surface area contributed by atoms with Crippen molar-refractivity contribution < 1.29 is 0 Å². The second kappa shape index (κ2) is 6.24. The molecule has 0 N–H and O–H groups in total. The minimum atomic E-state index is 1.04. The van der Waals surface area contributed by atoms with E-state index in [2.05, 4.69) is 61.5 Å². The predicted octanol–water partition coefficient (Wildman–Crippen LogP) is 4.62. The van der Waals surface area contributed by atoms with Crippen molar-refractivity contribution in [1.82, 2.24) is 0 Å². The molecule has 2 aromatic rings. The van der Waals surface area contributed by atoms with E-state index in [1.165, 1.54) is 36.0 Å². The van der Waals surface area contributed by atoms with Crippen molar-refractivity contribution in [3.05, 3.63) is 71.3 Å². The summed E-state index contributed by atoms with van der Waals surface area (Å²) < 4.78 is 0. The Hall–Kier alpha value is -1.56. The number of hydrogen-bond donors (Lipinski definition) is 0. The average molecular weight is 224 g/mol. The normalized spacial score (nSPS) is 10.4. The second-order valence-electron chi connectivity index (χ2n) is 4.58. The van der Waals surface area contributed by atoms with Gasteiger partial charge in [0.15, 0.2) is 0 Å². The van der Waals surface area contributed by atoms with E-state index in [-0.39, 0.29) is 0 Å². The molecule has 88 valence electrons. The van der Waals surface area contributed by atoms with E-state index in [1.54, 1.807) is 0 Å². The summed E-state index contributed by atoms with van der Waals surface area (Å²) in [6.45, 7) is 2.24. The molecule has 17 heavy (non-hydrogen) atoms. The highest BCUT2D eigenvalue weighted by Gasteiger charge is 1.96. The van der Waals surface area contributed by atoms with Crippen molar-refractivity contribution in [2.75, 3.05) is 0 Å². The molecule has 0 saturated carbocycles. The van der Waals surface area contributed by atoms with Gasteiger partial charge >= 0.3 is 0 Å². The molecule has 0 fully saturated rings. The van der Waals surface area contributed by atoms with Crippen molar-refractivity contribution >= 4 is 0 Å². The van der Waals surface area contributed by atoms with E-state index in [4.69, 9.17) is 0 Å². The predicted molar refractivity (Wildman–Crippen MR) is 74.3 cm³/mol. The summed E-state index contributed by atoms with van der Waals surface area (Å²) in [6, 6.07) is 19.7. The van der Waals surface area contributed by atoms with Crippen molar-refractivity contribution in [2.24, 2.45) is 0 Å². The summed E-state index contributed by atoms with van der Waals surface area (Å²) in [7, 11) is 0. The Morgan fingerprint density at radius 2 is 1.29 bits per heavy atom. The highest BCUT2D eigenvalue weighted by molar-refractivity contribution is 5.28. The van der Waals surface area contributed by atoms with Gasteiger partial charge in [-0.2, -0.15) is 0 Å². The molecule has 0 heteroatoms. The number of benzene rings is 2. The molecule has 0 aliphatic rings. The van der Waals surface area contributed by atoms with Crippen LogP contribution < -0.4 is 0 Å². The number of hydrogen-bond acceptors (Lipinski definition) is 0. The molecule has 0 spiro atoms. The molecule has 0 saturated heterocycles. The first-order chi connectivity index (χ1) is 8.38.